The number of hydrogen-bond acceptors (Lipinski definition) is 2. The minimum Gasteiger partial charge on any atom is -0.309 e. The number of aromatic nitrogens is 4. The molecule has 0 unspecified atom stereocenters. The van der Waals surface area contributed by atoms with Gasteiger partial charge in [-0.25, -0.2) is 9.97 Å². The molecule has 0 radical (unpaired) electrons. The van der Waals surface area contributed by atoms with Gasteiger partial charge in [-0.05, 0) is 86.5 Å². The molecular formula is C55H36N4. The van der Waals surface area contributed by atoms with Crippen LogP contribution in [-0.4, -0.2) is 19.1 Å². The highest BCUT2D eigenvalue weighted by molar-refractivity contribution is 6.28. The molecule has 0 saturated carbocycles. The van der Waals surface area contributed by atoms with Gasteiger partial charge >= 0.3 is 0 Å². The van der Waals surface area contributed by atoms with Crippen LogP contribution in [0.5, 0.6) is 0 Å². The van der Waals surface area contributed by atoms with E-state index in [0.717, 1.165) is 33.4 Å². The van der Waals surface area contributed by atoms with Crippen LogP contribution in [0, 0.1) is 0 Å². The molecule has 2 aliphatic rings. The van der Waals surface area contributed by atoms with Crippen molar-refractivity contribution in [1.82, 2.24) is 19.1 Å². The third-order valence-corrected chi connectivity index (χ3v) is 13.2. The van der Waals surface area contributed by atoms with E-state index in [1.54, 1.807) is 0 Å². The number of fused-ring (bicyclic) bond motifs is 18. The lowest BCUT2D eigenvalue weighted by atomic mass is 9.82. The van der Waals surface area contributed by atoms with E-state index >= 15 is 0 Å². The molecule has 0 fully saturated rings. The van der Waals surface area contributed by atoms with Crippen molar-refractivity contribution < 1.29 is 0 Å². The molecular weight excluding hydrogens is 717 g/mol. The largest absolute Gasteiger partial charge is 0.309 e. The molecule has 0 bridgehead atoms. The van der Waals surface area contributed by atoms with Crippen LogP contribution in [0.25, 0.3) is 111 Å². The molecule has 2 aliphatic carbocycles. The van der Waals surface area contributed by atoms with Gasteiger partial charge in [0.1, 0.15) is 0 Å². The van der Waals surface area contributed by atoms with E-state index in [2.05, 4.69) is 199 Å². The Labute approximate surface area is 341 Å². The van der Waals surface area contributed by atoms with Crippen LogP contribution in [0.2, 0.25) is 0 Å². The molecule has 4 nitrogen and oxygen atoms in total. The van der Waals surface area contributed by atoms with Crippen LogP contribution >= 0.6 is 0 Å². The van der Waals surface area contributed by atoms with E-state index in [0.29, 0.717) is 5.95 Å². The van der Waals surface area contributed by atoms with Crippen molar-refractivity contribution in [1.29, 1.82) is 0 Å². The Morgan fingerprint density at radius 2 is 0.864 bits per heavy atom. The molecule has 0 saturated heterocycles. The van der Waals surface area contributed by atoms with Gasteiger partial charge in [0, 0.05) is 50.0 Å². The van der Waals surface area contributed by atoms with Crippen LogP contribution in [0.1, 0.15) is 25.0 Å². The zero-order valence-electron chi connectivity index (χ0n) is 32.6. The third-order valence-electron chi connectivity index (χ3n) is 13.2. The fourth-order valence-electron chi connectivity index (χ4n) is 10.6. The first-order chi connectivity index (χ1) is 29.1. The van der Waals surface area contributed by atoms with Crippen molar-refractivity contribution in [3.63, 3.8) is 0 Å². The van der Waals surface area contributed by atoms with Crippen molar-refractivity contribution >= 4 is 43.6 Å². The number of para-hydroxylation sites is 2. The Morgan fingerprint density at radius 3 is 1.51 bits per heavy atom. The Hall–Kier alpha value is -7.56. The highest BCUT2D eigenvalue weighted by Gasteiger charge is 2.35. The zero-order valence-corrected chi connectivity index (χ0v) is 32.6. The Kier molecular flexibility index (Phi) is 6.48. The maximum absolute atomic E-state index is 5.58. The normalized spacial score (nSPS) is 13.4. The van der Waals surface area contributed by atoms with Gasteiger partial charge in [-0.1, -0.05) is 153 Å². The minimum absolute atomic E-state index is 0.0968. The lowest BCUT2D eigenvalue weighted by Crippen LogP contribution is -2.15. The summed E-state index contributed by atoms with van der Waals surface area (Å²) < 4.78 is 4.73. The van der Waals surface area contributed by atoms with Crippen molar-refractivity contribution in [2.45, 2.75) is 19.3 Å². The Morgan fingerprint density at radius 1 is 0.390 bits per heavy atom. The fourth-order valence-corrected chi connectivity index (χ4v) is 10.6. The predicted molar refractivity (Wildman–Crippen MR) is 244 cm³/mol. The second-order valence-electron chi connectivity index (χ2n) is 16.5. The average Bonchev–Trinajstić information content (AvgIpc) is 3.88. The van der Waals surface area contributed by atoms with Gasteiger partial charge in [-0.2, -0.15) is 0 Å². The van der Waals surface area contributed by atoms with E-state index in [9.17, 15) is 0 Å². The summed E-state index contributed by atoms with van der Waals surface area (Å²) in [5, 5.41) is 4.84. The standard InChI is InChI=1S/C55H36N4/c1-55(2)45-24-12-9-20-39(45)40-28-27-33(31-46(40)55)58-47-25-13-10-22-42(47)51-49(58)29-30-50-52(51)43-23-11-14-26-48(43)59(50)54-56-32-44-38-19-6-5-17-36(38)34-15-3-4-16-35(34)37-18-7-8-21-41(37)53(44)57-54/h3-32H,1-2H3. The van der Waals surface area contributed by atoms with Gasteiger partial charge in [0.15, 0.2) is 0 Å². The topological polar surface area (TPSA) is 35.6 Å². The van der Waals surface area contributed by atoms with Crippen LogP contribution in [0.4, 0.5) is 0 Å². The van der Waals surface area contributed by atoms with Crippen LogP contribution < -0.4 is 0 Å². The quantitative estimate of drug-likeness (QED) is 0.176. The first kappa shape index (κ1) is 32.5. The molecule has 11 aromatic rings. The predicted octanol–water partition coefficient (Wildman–Crippen LogP) is 14.0. The zero-order chi connectivity index (χ0) is 39.0. The average molecular weight is 753 g/mol. The second-order valence-corrected chi connectivity index (χ2v) is 16.5. The van der Waals surface area contributed by atoms with Gasteiger partial charge in [-0.15, -0.1) is 0 Å². The van der Waals surface area contributed by atoms with Gasteiger partial charge in [0.05, 0.1) is 27.8 Å². The summed E-state index contributed by atoms with van der Waals surface area (Å²) in [4.78, 5) is 10.8. The summed E-state index contributed by atoms with van der Waals surface area (Å²) >= 11 is 0. The van der Waals surface area contributed by atoms with Gasteiger partial charge in [-0.3, -0.25) is 4.57 Å². The van der Waals surface area contributed by atoms with Crippen LogP contribution in [0.15, 0.2) is 182 Å². The lowest BCUT2D eigenvalue weighted by molar-refractivity contribution is 0.660. The molecule has 3 aromatic heterocycles. The van der Waals surface area contributed by atoms with Crippen LogP contribution in [-0.2, 0) is 5.41 Å². The number of rotatable bonds is 2. The highest BCUT2D eigenvalue weighted by Crippen LogP contribution is 2.51. The SMILES string of the molecule is CC1(C)c2ccccc2-c2ccc(-n3c4ccccc4c4c5c6ccccc6n(-c6ncc7c(n6)-c6ccccc6-c6ccccc6-c6ccccc6-7)c5ccc43)cc21. The van der Waals surface area contributed by atoms with E-state index in [4.69, 9.17) is 9.97 Å². The summed E-state index contributed by atoms with van der Waals surface area (Å²) in [5.41, 5.74) is 20.0. The summed E-state index contributed by atoms with van der Waals surface area (Å²) in [5.74, 6) is 0.652. The molecule has 0 N–H and O–H groups in total. The van der Waals surface area contributed by atoms with E-state index in [-0.39, 0.29) is 5.41 Å². The first-order valence-corrected chi connectivity index (χ1v) is 20.4. The molecule has 0 amide bonds. The summed E-state index contributed by atoms with van der Waals surface area (Å²) in [7, 11) is 0. The maximum atomic E-state index is 5.58. The number of benzene rings is 8. The Bertz CT molecular complexity index is 3590. The van der Waals surface area contributed by atoms with Crippen molar-refractivity contribution in [2.75, 3.05) is 0 Å². The summed E-state index contributed by atoms with van der Waals surface area (Å²) in [6.07, 6.45) is 2.04. The molecule has 4 heteroatoms. The lowest BCUT2D eigenvalue weighted by Gasteiger charge is -2.22. The fraction of sp³-hybridized carbons (Fsp3) is 0.0545. The smallest absolute Gasteiger partial charge is 0.235 e. The van der Waals surface area contributed by atoms with E-state index in [1.807, 2.05) is 6.20 Å². The van der Waals surface area contributed by atoms with E-state index < -0.39 is 0 Å². The molecule has 0 aliphatic heterocycles. The molecule has 8 aromatic carbocycles. The monoisotopic (exact) mass is 752 g/mol. The number of nitrogens with zero attached hydrogens (tertiary/aromatic N) is 4. The second kappa shape index (κ2) is 11.7. The van der Waals surface area contributed by atoms with Gasteiger partial charge in [0.25, 0.3) is 0 Å². The van der Waals surface area contributed by atoms with E-state index in [1.165, 1.54) is 82.8 Å². The summed E-state index contributed by atoms with van der Waals surface area (Å²) in [6, 6.07) is 64.2. The molecule has 3 heterocycles. The molecule has 59 heavy (non-hydrogen) atoms. The third kappa shape index (κ3) is 4.32. The van der Waals surface area contributed by atoms with Gasteiger partial charge < -0.3 is 4.57 Å². The Balaban J connectivity index is 1.08. The van der Waals surface area contributed by atoms with Crippen LogP contribution in [0.3, 0.4) is 0 Å². The first-order valence-electron chi connectivity index (χ1n) is 20.4. The highest BCUT2D eigenvalue weighted by atomic mass is 15.2. The van der Waals surface area contributed by atoms with Crippen molar-refractivity contribution in [2.24, 2.45) is 0 Å². The minimum atomic E-state index is -0.0968. The van der Waals surface area contributed by atoms with Gasteiger partial charge in [0.2, 0.25) is 5.95 Å². The molecule has 276 valence electrons. The molecule has 0 spiro atoms. The number of hydrogen-bond donors (Lipinski definition) is 0. The molecule has 0 atom stereocenters. The van der Waals surface area contributed by atoms with Crippen molar-refractivity contribution in [3.05, 3.63) is 193 Å². The molecule has 13 rings (SSSR count). The maximum Gasteiger partial charge on any atom is 0.235 e. The van der Waals surface area contributed by atoms with Crippen molar-refractivity contribution in [3.8, 4) is 67.4 Å². The summed E-state index contributed by atoms with van der Waals surface area (Å²) in [6.45, 7) is 4.71.